The van der Waals surface area contributed by atoms with Crippen molar-refractivity contribution in [3.8, 4) is 0 Å². The quantitative estimate of drug-likeness (QED) is 0.818. The van der Waals surface area contributed by atoms with Crippen molar-refractivity contribution < 1.29 is 0 Å². The van der Waals surface area contributed by atoms with E-state index in [1.807, 2.05) is 6.20 Å². The number of rotatable bonds is 3. The van der Waals surface area contributed by atoms with Gasteiger partial charge in [-0.3, -0.25) is 9.88 Å². The molecule has 0 bridgehead atoms. The lowest BCUT2D eigenvalue weighted by atomic mass is 10.0. The van der Waals surface area contributed by atoms with Crippen molar-refractivity contribution in [3.05, 3.63) is 18.6 Å². The van der Waals surface area contributed by atoms with Crippen LogP contribution in [0.4, 0.5) is 5.82 Å². The molecule has 17 heavy (non-hydrogen) atoms. The smallest absolute Gasteiger partial charge is 0.147 e. The minimum atomic E-state index is 0.0917. The second-order valence-electron chi connectivity index (χ2n) is 5.05. The standard InChI is InChI=1S/C12H21N5/c1-12(2,10-13)17-7-5-16(6-8-17)11-9-14-3-4-15-11/h3-4,9H,5-8,10,13H2,1-2H3. The molecule has 2 heterocycles. The summed E-state index contributed by atoms with van der Waals surface area (Å²) >= 11 is 0. The van der Waals surface area contributed by atoms with Crippen molar-refractivity contribution >= 4 is 5.82 Å². The maximum Gasteiger partial charge on any atom is 0.147 e. The summed E-state index contributed by atoms with van der Waals surface area (Å²) in [5, 5.41) is 0. The first-order chi connectivity index (χ1) is 8.13. The van der Waals surface area contributed by atoms with Crippen molar-refractivity contribution in [1.29, 1.82) is 0 Å². The monoisotopic (exact) mass is 235 g/mol. The van der Waals surface area contributed by atoms with Crippen LogP contribution in [0.3, 0.4) is 0 Å². The van der Waals surface area contributed by atoms with E-state index in [-0.39, 0.29) is 5.54 Å². The Balaban J connectivity index is 1.95. The fraction of sp³-hybridized carbons (Fsp3) is 0.667. The maximum absolute atomic E-state index is 5.81. The normalized spacial score (nSPS) is 18.4. The number of nitrogens with two attached hydrogens (primary N) is 1. The lowest BCUT2D eigenvalue weighted by Gasteiger charge is -2.43. The molecule has 1 saturated heterocycles. The van der Waals surface area contributed by atoms with Crippen LogP contribution in [0.1, 0.15) is 13.8 Å². The van der Waals surface area contributed by atoms with Crippen LogP contribution in [-0.4, -0.2) is 53.1 Å². The zero-order valence-electron chi connectivity index (χ0n) is 10.6. The minimum absolute atomic E-state index is 0.0917. The van der Waals surface area contributed by atoms with Crippen molar-refractivity contribution in [2.45, 2.75) is 19.4 Å². The Morgan fingerprint density at radius 3 is 2.47 bits per heavy atom. The van der Waals surface area contributed by atoms with E-state index < -0.39 is 0 Å². The van der Waals surface area contributed by atoms with Gasteiger partial charge in [-0.1, -0.05) is 0 Å². The lowest BCUT2D eigenvalue weighted by Crippen LogP contribution is -2.57. The SMILES string of the molecule is CC(C)(CN)N1CCN(c2cnccn2)CC1. The summed E-state index contributed by atoms with van der Waals surface area (Å²) in [6.45, 7) is 9.12. The highest BCUT2D eigenvalue weighted by Gasteiger charge is 2.28. The van der Waals surface area contributed by atoms with Crippen molar-refractivity contribution in [1.82, 2.24) is 14.9 Å². The first-order valence-electron chi connectivity index (χ1n) is 6.09. The molecular formula is C12H21N5. The van der Waals surface area contributed by atoms with Gasteiger partial charge in [-0.2, -0.15) is 0 Å². The van der Waals surface area contributed by atoms with Crippen LogP contribution in [-0.2, 0) is 0 Å². The zero-order chi connectivity index (χ0) is 12.3. The summed E-state index contributed by atoms with van der Waals surface area (Å²) in [5.41, 5.74) is 5.90. The van der Waals surface area contributed by atoms with Crippen molar-refractivity contribution in [2.24, 2.45) is 5.73 Å². The summed E-state index contributed by atoms with van der Waals surface area (Å²) in [4.78, 5) is 13.2. The Hall–Kier alpha value is -1.20. The highest BCUT2D eigenvalue weighted by Crippen LogP contribution is 2.18. The van der Waals surface area contributed by atoms with Gasteiger partial charge >= 0.3 is 0 Å². The fourth-order valence-electron chi connectivity index (χ4n) is 2.12. The summed E-state index contributed by atoms with van der Waals surface area (Å²) in [6.07, 6.45) is 5.27. The predicted molar refractivity (Wildman–Crippen MR) is 69.0 cm³/mol. The van der Waals surface area contributed by atoms with E-state index in [4.69, 9.17) is 5.73 Å². The van der Waals surface area contributed by atoms with Crippen LogP contribution in [0.2, 0.25) is 0 Å². The van der Waals surface area contributed by atoms with Gasteiger partial charge in [-0.25, -0.2) is 4.98 Å². The molecule has 0 atom stereocenters. The molecule has 0 spiro atoms. The lowest BCUT2D eigenvalue weighted by molar-refractivity contribution is 0.119. The van der Waals surface area contributed by atoms with Crippen LogP contribution < -0.4 is 10.6 Å². The van der Waals surface area contributed by atoms with Gasteiger partial charge in [0.1, 0.15) is 5.82 Å². The van der Waals surface area contributed by atoms with Gasteiger partial charge in [0.2, 0.25) is 0 Å². The van der Waals surface area contributed by atoms with Crippen LogP contribution >= 0.6 is 0 Å². The van der Waals surface area contributed by atoms with E-state index in [1.165, 1.54) is 0 Å². The maximum atomic E-state index is 5.81. The topological polar surface area (TPSA) is 58.3 Å². The molecule has 5 heteroatoms. The largest absolute Gasteiger partial charge is 0.353 e. The molecule has 94 valence electrons. The molecule has 2 rings (SSSR count). The van der Waals surface area contributed by atoms with E-state index in [2.05, 4.69) is 33.6 Å². The second kappa shape index (κ2) is 4.98. The summed E-state index contributed by atoms with van der Waals surface area (Å²) < 4.78 is 0. The van der Waals surface area contributed by atoms with Crippen molar-refractivity contribution in [3.63, 3.8) is 0 Å². The van der Waals surface area contributed by atoms with E-state index in [1.54, 1.807) is 12.4 Å². The predicted octanol–water partition coefficient (Wildman–Crippen LogP) is 0.336. The number of hydrogen-bond acceptors (Lipinski definition) is 5. The summed E-state index contributed by atoms with van der Waals surface area (Å²) in [6, 6.07) is 0. The van der Waals surface area contributed by atoms with Crippen LogP contribution in [0, 0.1) is 0 Å². The molecule has 1 aliphatic heterocycles. The number of hydrogen-bond donors (Lipinski definition) is 1. The molecule has 0 aliphatic carbocycles. The molecule has 0 unspecified atom stereocenters. The fourth-order valence-corrected chi connectivity index (χ4v) is 2.12. The Bertz CT molecular complexity index is 343. The van der Waals surface area contributed by atoms with Gasteiger partial charge in [-0.15, -0.1) is 0 Å². The van der Waals surface area contributed by atoms with Crippen molar-refractivity contribution in [2.75, 3.05) is 37.6 Å². The van der Waals surface area contributed by atoms with E-state index in [0.717, 1.165) is 32.0 Å². The molecule has 0 amide bonds. The summed E-state index contributed by atoms with van der Waals surface area (Å²) in [5.74, 6) is 0.970. The first kappa shape index (κ1) is 12.3. The number of piperazine rings is 1. The second-order valence-corrected chi connectivity index (χ2v) is 5.05. The van der Waals surface area contributed by atoms with E-state index >= 15 is 0 Å². The molecule has 0 saturated carbocycles. The van der Waals surface area contributed by atoms with Gasteiger partial charge in [0.15, 0.2) is 0 Å². The third-order valence-corrected chi connectivity index (χ3v) is 3.51. The number of aromatic nitrogens is 2. The first-order valence-corrected chi connectivity index (χ1v) is 6.09. The van der Waals surface area contributed by atoms with Gasteiger partial charge in [0.05, 0.1) is 6.20 Å². The van der Waals surface area contributed by atoms with Crippen LogP contribution in [0.5, 0.6) is 0 Å². The minimum Gasteiger partial charge on any atom is -0.353 e. The van der Waals surface area contributed by atoms with Crippen LogP contribution in [0.25, 0.3) is 0 Å². The molecule has 0 radical (unpaired) electrons. The van der Waals surface area contributed by atoms with Gasteiger partial charge < -0.3 is 10.6 Å². The molecule has 0 aromatic carbocycles. The number of anilines is 1. The Morgan fingerprint density at radius 1 is 1.24 bits per heavy atom. The third kappa shape index (κ3) is 2.73. The molecule has 5 nitrogen and oxygen atoms in total. The molecule has 1 aromatic rings. The molecule has 2 N–H and O–H groups in total. The van der Waals surface area contributed by atoms with Gasteiger partial charge in [0.25, 0.3) is 0 Å². The highest BCUT2D eigenvalue weighted by molar-refractivity contribution is 5.35. The number of nitrogens with zero attached hydrogens (tertiary/aromatic N) is 4. The summed E-state index contributed by atoms with van der Waals surface area (Å²) in [7, 11) is 0. The van der Waals surface area contributed by atoms with Gasteiger partial charge in [0, 0.05) is 50.7 Å². The Morgan fingerprint density at radius 2 is 1.94 bits per heavy atom. The van der Waals surface area contributed by atoms with E-state index in [9.17, 15) is 0 Å². The zero-order valence-corrected chi connectivity index (χ0v) is 10.6. The van der Waals surface area contributed by atoms with Gasteiger partial charge in [-0.05, 0) is 13.8 Å². The third-order valence-electron chi connectivity index (χ3n) is 3.51. The highest BCUT2D eigenvalue weighted by atomic mass is 15.3. The molecule has 1 aliphatic rings. The van der Waals surface area contributed by atoms with Crippen LogP contribution in [0.15, 0.2) is 18.6 Å². The Kier molecular flexibility index (Phi) is 3.59. The van der Waals surface area contributed by atoms with E-state index in [0.29, 0.717) is 6.54 Å². The Labute approximate surface area is 103 Å². The molecule has 1 aromatic heterocycles. The molecular weight excluding hydrogens is 214 g/mol. The average Bonchev–Trinajstić information content (AvgIpc) is 2.40. The average molecular weight is 235 g/mol. The molecule has 1 fully saturated rings.